The van der Waals surface area contributed by atoms with E-state index < -0.39 is 136 Å². The number of ketones is 1. The number of hydrogen-bond donors (Lipinski definition) is 2. The van der Waals surface area contributed by atoms with E-state index >= 15 is 4.79 Å². The molecule has 3 N–H and O–H groups in total. The van der Waals surface area contributed by atoms with Crippen LogP contribution in [0, 0.1) is 16.7 Å². The van der Waals surface area contributed by atoms with Crippen molar-refractivity contribution in [3.8, 4) is 0 Å². The number of esters is 5. The number of halogens is 3. The summed E-state index contributed by atoms with van der Waals surface area (Å²) in [5.74, 6) is -7.63. The minimum atomic E-state index is -2.52. The number of nitrogens with two attached hydrogens (primary N) is 1. The Bertz CT molecular complexity index is 2560. The molecule has 7 rings (SSSR count). The first-order chi connectivity index (χ1) is 32.9. The summed E-state index contributed by atoms with van der Waals surface area (Å²) in [6.45, 7) is 6.82. The summed E-state index contributed by atoms with van der Waals surface area (Å²) in [6, 6.07) is 22.5. The monoisotopic (exact) mass is 1030 g/mol. The molecule has 0 aromatic heterocycles. The molecule has 374 valence electrons. The van der Waals surface area contributed by atoms with Gasteiger partial charge in [0, 0.05) is 32.1 Å². The van der Waals surface area contributed by atoms with Crippen LogP contribution in [0.3, 0.4) is 0 Å². The lowest BCUT2D eigenvalue weighted by molar-refractivity contribution is -0.346. The van der Waals surface area contributed by atoms with E-state index in [0.29, 0.717) is 5.56 Å². The van der Waals surface area contributed by atoms with Crippen molar-refractivity contribution in [3.05, 3.63) is 119 Å². The molecule has 1 heterocycles. The zero-order valence-electron chi connectivity index (χ0n) is 38.9. The first-order valence-corrected chi connectivity index (χ1v) is 23.4. The van der Waals surface area contributed by atoms with Crippen LogP contribution in [0.2, 0.25) is 0 Å². The zero-order valence-corrected chi connectivity index (χ0v) is 41.2. The third kappa shape index (κ3) is 9.76. The molecular weight excluding hydrogens is 977 g/mol. The van der Waals surface area contributed by atoms with Crippen molar-refractivity contribution in [2.24, 2.45) is 22.5 Å². The molecule has 3 fully saturated rings. The summed E-state index contributed by atoms with van der Waals surface area (Å²) >= 11 is 17.6. The van der Waals surface area contributed by atoms with E-state index in [2.05, 4.69) is 0 Å². The van der Waals surface area contributed by atoms with Crippen molar-refractivity contribution in [3.63, 3.8) is 0 Å². The number of Topliss-reactive ketones (excluding diaryl/α,β-unsaturated/α-hetero) is 1. The second-order valence-corrected chi connectivity index (χ2v) is 21.1. The molecule has 17 nitrogen and oxygen atoms in total. The second-order valence-electron chi connectivity index (χ2n) is 18.6. The number of carbonyl (C=O) groups excluding carboxylic acids is 7. The Labute approximate surface area is 418 Å². The molecule has 11 atom stereocenters. The number of fused-ring (bicyclic) bond motifs is 5. The van der Waals surface area contributed by atoms with E-state index in [9.17, 15) is 33.9 Å². The van der Waals surface area contributed by atoms with Gasteiger partial charge in [0.05, 0.1) is 35.1 Å². The van der Waals surface area contributed by atoms with Crippen LogP contribution in [-0.4, -0.2) is 112 Å². The third-order valence-corrected chi connectivity index (χ3v) is 14.3. The van der Waals surface area contributed by atoms with Crippen LogP contribution < -0.4 is 5.73 Å². The average Bonchev–Trinajstić information content (AvgIpc) is 3.30. The molecule has 3 aromatic carbocycles. The summed E-state index contributed by atoms with van der Waals surface area (Å²) in [6.07, 6.45) is -12.6. The van der Waals surface area contributed by atoms with Gasteiger partial charge in [-0.1, -0.05) is 115 Å². The maximum absolute atomic E-state index is 16.1. The molecule has 0 unspecified atom stereocenters. The largest absolute Gasteiger partial charge is 0.508 e. The maximum atomic E-state index is 16.1. The van der Waals surface area contributed by atoms with E-state index in [-0.39, 0.29) is 28.7 Å². The van der Waals surface area contributed by atoms with Gasteiger partial charge in [0.1, 0.15) is 36.6 Å². The van der Waals surface area contributed by atoms with Crippen molar-refractivity contribution in [2.75, 3.05) is 13.2 Å². The number of alkyl halides is 3. The first kappa shape index (κ1) is 52.3. The van der Waals surface area contributed by atoms with Gasteiger partial charge >= 0.3 is 36.0 Å². The highest BCUT2D eigenvalue weighted by molar-refractivity contribution is 6.67. The summed E-state index contributed by atoms with van der Waals surface area (Å²) in [5, 5.41) is 14.0. The Morgan fingerprint density at radius 1 is 0.814 bits per heavy atom. The highest BCUT2D eigenvalue weighted by Crippen LogP contribution is 2.65. The van der Waals surface area contributed by atoms with Gasteiger partial charge in [-0.05, 0) is 54.8 Å². The van der Waals surface area contributed by atoms with E-state index in [1.807, 2.05) is 0 Å². The van der Waals surface area contributed by atoms with E-state index in [1.54, 1.807) is 66.7 Å². The lowest BCUT2D eigenvalue weighted by Gasteiger charge is -2.67. The Balaban J connectivity index is 1.44. The highest BCUT2D eigenvalue weighted by Gasteiger charge is 2.79. The number of aliphatic hydroxyl groups is 1. The summed E-state index contributed by atoms with van der Waals surface area (Å²) in [4.78, 5) is 99.2. The Hall–Kier alpha value is -5.56. The quantitative estimate of drug-likeness (QED) is 0.0834. The molecule has 4 aliphatic rings. The lowest BCUT2D eigenvalue weighted by atomic mass is 9.44. The topological polar surface area (TPSA) is 240 Å². The Morgan fingerprint density at radius 2 is 1.39 bits per heavy atom. The fraction of sp³-hybridized carbons (Fsp3) is 0.460. The van der Waals surface area contributed by atoms with Crippen LogP contribution in [0.25, 0.3) is 0 Å². The molecule has 1 saturated heterocycles. The molecule has 3 aliphatic carbocycles. The highest BCUT2D eigenvalue weighted by atomic mass is 35.6. The molecule has 0 radical (unpaired) electrons. The zero-order chi connectivity index (χ0) is 51.1. The van der Waals surface area contributed by atoms with Crippen LogP contribution >= 0.6 is 34.8 Å². The molecule has 2 bridgehead atoms. The minimum absolute atomic E-state index is 0.00216. The molecule has 2 saturated carbocycles. The maximum Gasteiger partial charge on any atom is 0.508 e. The molecule has 20 heteroatoms. The minimum Gasteiger partial charge on any atom is -0.455 e. The van der Waals surface area contributed by atoms with Crippen molar-refractivity contribution in [1.29, 1.82) is 0 Å². The Morgan fingerprint density at radius 3 is 1.91 bits per heavy atom. The van der Waals surface area contributed by atoms with Crippen molar-refractivity contribution in [1.82, 2.24) is 0 Å². The lowest BCUT2D eigenvalue weighted by Crippen LogP contribution is -2.82. The first-order valence-electron chi connectivity index (χ1n) is 22.2. The second kappa shape index (κ2) is 19.9. The van der Waals surface area contributed by atoms with Gasteiger partial charge in [-0.3, -0.25) is 14.4 Å². The van der Waals surface area contributed by atoms with Gasteiger partial charge in [-0.15, -0.1) is 0 Å². The van der Waals surface area contributed by atoms with Gasteiger partial charge in [-0.25, -0.2) is 19.2 Å². The van der Waals surface area contributed by atoms with Crippen molar-refractivity contribution < 1.29 is 76.6 Å². The van der Waals surface area contributed by atoms with Crippen LogP contribution in [0.1, 0.15) is 86.7 Å². The van der Waals surface area contributed by atoms with Crippen LogP contribution in [0.4, 0.5) is 4.79 Å². The Kier molecular flexibility index (Phi) is 14.9. The van der Waals surface area contributed by atoms with Gasteiger partial charge in [0.15, 0.2) is 17.5 Å². The average molecular weight is 1030 g/mol. The normalized spacial score (nSPS) is 29.7. The standard InChI is InChI=1S/C50H52Cl3NO16/c1-26-32(66-44(60)38(36(54)29-16-10-7-11-17-29)68-42(58)30-18-12-8-13-19-30)23-49(62)41(69-43(59)31-20-14-9-15-21-31)39-47(6,40(57)37(65-27(2)55)35(26)46(49,4)5)33(67-45(61)64-25-50(51,52)53)22-34-48(39,24-63-34)70-28(3)56/h7-21,32-34,36-39,41,62H,22-25,54H2,1-6H3/t32-,33-,34+,36-,37+,38+,39-,41-,47+,48-,49+/m0/s1. The van der Waals surface area contributed by atoms with Crippen LogP contribution in [0.5, 0.6) is 0 Å². The van der Waals surface area contributed by atoms with Gasteiger partial charge < -0.3 is 48.7 Å². The van der Waals surface area contributed by atoms with Gasteiger partial charge in [0.2, 0.25) is 9.90 Å². The number of carbonyl (C=O) groups is 7. The molecule has 70 heavy (non-hydrogen) atoms. The fourth-order valence-electron chi connectivity index (χ4n) is 10.5. The van der Waals surface area contributed by atoms with Gasteiger partial charge in [0.25, 0.3) is 0 Å². The van der Waals surface area contributed by atoms with Crippen LogP contribution in [0.15, 0.2) is 102 Å². The summed E-state index contributed by atoms with van der Waals surface area (Å²) in [5.41, 5.74) is -1.30. The molecule has 1 aliphatic heterocycles. The predicted octanol–water partition coefficient (Wildman–Crippen LogP) is 6.66. The smallest absolute Gasteiger partial charge is 0.455 e. The van der Waals surface area contributed by atoms with E-state index in [1.165, 1.54) is 52.0 Å². The molecule has 0 spiro atoms. The summed E-state index contributed by atoms with van der Waals surface area (Å²) in [7, 11) is 0. The molecule has 3 aromatic rings. The molecular formula is C50H52Cl3NO16. The number of ether oxygens (including phenoxy) is 8. The van der Waals surface area contributed by atoms with Crippen molar-refractivity contribution in [2.45, 2.75) is 112 Å². The molecule has 0 amide bonds. The van der Waals surface area contributed by atoms with E-state index in [0.717, 1.165) is 13.8 Å². The predicted molar refractivity (Wildman–Crippen MR) is 248 cm³/mol. The SMILES string of the molecule is CC(=O)O[C@H]1C(=O)[C@]2(C)[C@@H](OC(=O)OCC(Cl)(Cl)Cl)C[C@H]3OC[C@@]3(OC(C)=O)[C@H]2[C@H](OC(=O)c2ccccc2)[C@]2(O)C[C@H](OC(=O)[C@H](OC(=O)c3ccccc3)[C@@H](N)c3ccccc3)C(C)=C1C2(C)C. The van der Waals surface area contributed by atoms with Crippen molar-refractivity contribution >= 4 is 76.6 Å². The van der Waals surface area contributed by atoms with E-state index in [4.69, 9.17) is 78.4 Å². The third-order valence-electron chi connectivity index (χ3n) is 14.0. The number of benzene rings is 3. The fourth-order valence-corrected chi connectivity index (χ4v) is 10.7. The van der Waals surface area contributed by atoms with Crippen LogP contribution in [-0.2, 0) is 57.1 Å². The number of rotatable bonds is 12. The summed E-state index contributed by atoms with van der Waals surface area (Å²) < 4.78 is 45.6. The van der Waals surface area contributed by atoms with Gasteiger partial charge in [-0.2, -0.15) is 0 Å². The number of hydrogen-bond acceptors (Lipinski definition) is 17.